The average Bonchev–Trinajstić information content (AvgIpc) is 2.91. The molecule has 156 valence electrons. The predicted octanol–water partition coefficient (Wildman–Crippen LogP) is 7.31. The van der Waals surface area contributed by atoms with Crippen LogP contribution in [0.1, 0.15) is 89.9 Å². The number of rotatable bonds is 0. The lowest BCUT2D eigenvalue weighted by molar-refractivity contribution is 0.0660. The molecule has 0 bridgehead atoms. The molecule has 2 nitrogen and oxygen atoms in total. The van der Waals surface area contributed by atoms with Crippen LogP contribution in [-0.4, -0.2) is 18.9 Å². The minimum absolute atomic E-state index is 0.400. The Labute approximate surface area is 177 Å². The van der Waals surface area contributed by atoms with Crippen molar-refractivity contribution in [2.75, 3.05) is 0 Å². The van der Waals surface area contributed by atoms with Gasteiger partial charge in [0.2, 0.25) is 0 Å². The summed E-state index contributed by atoms with van der Waals surface area (Å²) in [5.74, 6) is 3.57. The molecule has 0 aromatic heterocycles. The van der Waals surface area contributed by atoms with Crippen molar-refractivity contribution in [3.63, 3.8) is 0 Å². The van der Waals surface area contributed by atoms with Crippen LogP contribution in [0.3, 0.4) is 0 Å². The van der Waals surface area contributed by atoms with Crippen LogP contribution in [-0.2, 0) is 9.47 Å². The maximum absolute atomic E-state index is 6.76. The standard InChI is InChI=1S/C26H37BO2/c1-3-8-14-20-22(16-10-5-1)28-24-18-12-7-13-19-25-26(24)27(20)21-15-9-4-2-6-11-17-23(21)29-25/h7,12-13,18-23H,1-6,8-11,14-17H2/b12-7?,13-7?,18-12?,19-13?,24-18+,25-19?. The Hall–Kier alpha value is -1.38. The van der Waals surface area contributed by atoms with Crippen molar-refractivity contribution in [3.05, 3.63) is 47.4 Å². The molecule has 4 unspecified atom stereocenters. The number of allylic oxidation sites excluding steroid dienone is 6. The molecule has 0 N–H and O–H groups in total. The molecule has 3 aliphatic carbocycles. The van der Waals surface area contributed by atoms with E-state index in [0.717, 1.165) is 11.5 Å². The smallest absolute Gasteiger partial charge is 0.199 e. The molecule has 29 heavy (non-hydrogen) atoms. The van der Waals surface area contributed by atoms with E-state index in [4.69, 9.17) is 9.47 Å². The number of hydrogen-bond donors (Lipinski definition) is 0. The van der Waals surface area contributed by atoms with Crippen LogP contribution in [0.4, 0.5) is 0 Å². The highest BCUT2D eigenvalue weighted by atomic mass is 16.5. The van der Waals surface area contributed by atoms with E-state index in [-0.39, 0.29) is 0 Å². The van der Waals surface area contributed by atoms with Gasteiger partial charge in [0.15, 0.2) is 6.71 Å². The van der Waals surface area contributed by atoms with Crippen LogP contribution in [0.5, 0.6) is 0 Å². The van der Waals surface area contributed by atoms with E-state index in [9.17, 15) is 0 Å². The maximum atomic E-state index is 6.76. The van der Waals surface area contributed by atoms with Crippen molar-refractivity contribution >= 4 is 6.71 Å². The third-order valence-corrected chi connectivity index (χ3v) is 8.07. The molecule has 0 spiro atoms. The highest BCUT2D eigenvalue weighted by Gasteiger charge is 2.52. The van der Waals surface area contributed by atoms with Gasteiger partial charge in [-0.25, -0.2) is 0 Å². The van der Waals surface area contributed by atoms with E-state index < -0.39 is 0 Å². The first-order valence-corrected chi connectivity index (χ1v) is 12.5. The van der Waals surface area contributed by atoms with E-state index in [2.05, 4.69) is 30.4 Å². The highest BCUT2D eigenvalue weighted by molar-refractivity contribution is 6.71. The van der Waals surface area contributed by atoms with Crippen LogP contribution in [0.25, 0.3) is 0 Å². The molecule has 0 amide bonds. The van der Waals surface area contributed by atoms with Gasteiger partial charge in [-0.2, -0.15) is 0 Å². The molecule has 3 heteroatoms. The van der Waals surface area contributed by atoms with Gasteiger partial charge in [-0.3, -0.25) is 0 Å². The summed E-state index contributed by atoms with van der Waals surface area (Å²) in [5, 5.41) is 0. The van der Waals surface area contributed by atoms with Crippen LogP contribution in [0, 0.1) is 0 Å². The van der Waals surface area contributed by atoms with Crippen LogP contribution in [0.15, 0.2) is 47.4 Å². The van der Waals surface area contributed by atoms with E-state index in [1.54, 1.807) is 0 Å². The first kappa shape index (κ1) is 19.6. The molecule has 0 aromatic carbocycles. The van der Waals surface area contributed by atoms with Gasteiger partial charge in [0, 0.05) is 5.47 Å². The predicted molar refractivity (Wildman–Crippen MR) is 121 cm³/mol. The Bertz CT molecular complexity index is 699. The third-order valence-electron chi connectivity index (χ3n) is 8.07. The van der Waals surface area contributed by atoms with E-state index in [1.165, 1.54) is 95.4 Å². The van der Waals surface area contributed by atoms with Crippen LogP contribution >= 0.6 is 0 Å². The summed E-state index contributed by atoms with van der Waals surface area (Å²) in [6, 6.07) is 0. The molecule has 0 aromatic rings. The van der Waals surface area contributed by atoms with Crippen molar-refractivity contribution in [2.24, 2.45) is 0 Å². The van der Waals surface area contributed by atoms with Gasteiger partial charge in [-0.15, -0.1) is 0 Å². The third kappa shape index (κ3) is 4.12. The monoisotopic (exact) mass is 392 g/mol. The fourth-order valence-electron chi connectivity index (χ4n) is 6.68. The van der Waals surface area contributed by atoms with E-state index >= 15 is 0 Å². The molecule has 1 saturated heterocycles. The van der Waals surface area contributed by atoms with Crippen molar-refractivity contribution in [3.8, 4) is 0 Å². The molecule has 3 fully saturated rings. The highest BCUT2D eigenvalue weighted by Crippen LogP contribution is 2.52. The van der Waals surface area contributed by atoms with Crippen molar-refractivity contribution in [1.29, 1.82) is 0 Å². The van der Waals surface area contributed by atoms with E-state index in [1.807, 2.05) is 0 Å². The van der Waals surface area contributed by atoms with Gasteiger partial charge in [-0.05, 0) is 49.5 Å². The summed E-state index contributed by atoms with van der Waals surface area (Å²) in [5.41, 5.74) is 1.41. The average molecular weight is 392 g/mol. The lowest BCUT2D eigenvalue weighted by Crippen LogP contribution is -2.49. The summed E-state index contributed by atoms with van der Waals surface area (Å²) < 4.78 is 13.5. The molecule has 2 aliphatic heterocycles. The molecule has 0 radical (unpaired) electrons. The second kappa shape index (κ2) is 9.19. The zero-order chi connectivity index (χ0) is 19.5. The first-order chi connectivity index (χ1) is 14.4. The van der Waals surface area contributed by atoms with Crippen LogP contribution < -0.4 is 0 Å². The number of hydrogen-bond acceptors (Lipinski definition) is 2. The summed E-state index contributed by atoms with van der Waals surface area (Å²) >= 11 is 0. The maximum Gasteiger partial charge on any atom is 0.199 e. The van der Waals surface area contributed by atoms with Crippen molar-refractivity contribution in [2.45, 2.75) is 114 Å². The quantitative estimate of drug-likeness (QED) is 0.402. The lowest BCUT2D eigenvalue weighted by Gasteiger charge is -2.48. The Kier molecular flexibility index (Phi) is 6.20. The van der Waals surface area contributed by atoms with Gasteiger partial charge < -0.3 is 9.47 Å². The Morgan fingerprint density at radius 3 is 1.90 bits per heavy atom. The molecule has 4 atom stereocenters. The fraction of sp³-hybridized carbons (Fsp3) is 0.692. The zero-order valence-electron chi connectivity index (χ0n) is 18.0. The summed E-state index contributed by atoms with van der Waals surface area (Å²) in [6.45, 7) is 0.626. The Balaban J connectivity index is 1.57. The fourth-order valence-corrected chi connectivity index (χ4v) is 6.68. The first-order valence-electron chi connectivity index (χ1n) is 12.5. The molecule has 2 saturated carbocycles. The molecule has 5 aliphatic rings. The van der Waals surface area contributed by atoms with Gasteiger partial charge in [0.1, 0.15) is 11.5 Å². The summed E-state index contributed by atoms with van der Waals surface area (Å²) in [4.78, 5) is 0. The second-order valence-corrected chi connectivity index (χ2v) is 9.91. The lowest BCUT2D eigenvalue weighted by atomic mass is 9.25. The van der Waals surface area contributed by atoms with Gasteiger partial charge in [0.25, 0.3) is 0 Å². The zero-order valence-corrected chi connectivity index (χ0v) is 18.0. The largest absolute Gasteiger partial charge is 0.491 e. The van der Waals surface area contributed by atoms with Crippen molar-refractivity contribution in [1.82, 2.24) is 0 Å². The normalized spacial score (nSPS) is 37.1. The minimum atomic E-state index is 0.400. The topological polar surface area (TPSA) is 18.5 Å². The van der Waals surface area contributed by atoms with E-state index in [0.29, 0.717) is 30.6 Å². The summed E-state index contributed by atoms with van der Waals surface area (Å²) in [6.07, 6.45) is 30.5. The Morgan fingerprint density at radius 1 is 0.621 bits per heavy atom. The molecule has 5 rings (SSSR count). The van der Waals surface area contributed by atoms with Gasteiger partial charge in [-0.1, -0.05) is 82.4 Å². The molecule has 2 heterocycles. The minimum Gasteiger partial charge on any atom is -0.491 e. The van der Waals surface area contributed by atoms with Gasteiger partial charge in [0.05, 0.1) is 12.2 Å². The number of ether oxygens (including phenoxy) is 2. The second-order valence-electron chi connectivity index (χ2n) is 9.91. The SMILES string of the molecule is C1=C/C=C2/OC3CCCCCCCC3B3C2=C(C=C1)OC1CCCCCCCC31. The number of fused-ring (bicyclic) bond motifs is 4. The van der Waals surface area contributed by atoms with Crippen molar-refractivity contribution < 1.29 is 9.47 Å². The summed E-state index contributed by atoms with van der Waals surface area (Å²) in [7, 11) is 0. The van der Waals surface area contributed by atoms with Crippen LogP contribution in [0.2, 0.25) is 11.6 Å². The van der Waals surface area contributed by atoms with Gasteiger partial charge >= 0.3 is 0 Å². The molecular weight excluding hydrogens is 355 g/mol. The molecular formula is C26H37BO2. The Morgan fingerprint density at radius 2 is 1.21 bits per heavy atom.